The van der Waals surface area contributed by atoms with Crippen molar-refractivity contribution >= 4 is 0 Å². The summed E-state index contributed by atoms with van der Waals surface area (Å²) >= 11 is 0. The molecule has 0 bridgehead atoms. The van der Waals surface area contributed by atoms with Gasteiger partial charge in [-0.2, -0.15) is 0 Å². The molecule has 1 saturated carbocycles. The highest BCUT2D eigenvalue weighted by atomic mass is 16.5. The number of benzene rings is 1. The fourth-order valence-electron chi connectivity index (χ4n) is 3.12. The van der Waals surface area contributed by atoms with Gasteiger partial charge in [-0.3, -0.25) is 0 Å². The highest BCUT2D eigenvalue weighted by molar-refractivity contribution is 5.50. The third kappa shape index (κ3) is 3.43. The third-order valence-electron chi connectivity index (χ3n) is 4.81. The fourth-order valence-corrected chi connectivity index (χ4v) is 3.12. The molecule has 3 unspecified atom stereocenters. The Balaban J connectivity index is 2.11. The molecule has 118 valence electrons. The molecule has 0 aliphatic heterocycles. The van der Waals surface area contributed by atoms with Crippen molar-refractivity contribution in [3.8, 4) is 17.2 Å². The minimum Gasteiger partial charge on any atom is -0.496 e. The molecule has 0 spiro atoms. The van der Waals surface area contributed by atoms with Crippen LogP contribution in [-0.2, 0) is 6.54 Å². The molecule has 3 atom stereocenters. The highest BCUT2D eigenvalue weighted by Crippen LogP contribution is 2.35. The Morgan fingerprint density at radius 1 is 0.952 bits per heavy atom. The molecular weight excluding hydrogens is 266 g/mol. The highest BCUT2D eigenvalue weighted by Gasteiger charge is 2.29. The molecular formula is C17H27NO3. The van der Waals surface area contributed by atoms with Gasteiger partial charge in [-0.25, -0.2) is 0 Å². The molecule has 1 aromatic carbocycles. The van der Waals surface area contributed by atoms with Crippen molar-refractivity contribution in [2.24, 2.45) is 11.8 Å². The van der Waals surface area contributed by atoms with Gasteiger partial charge >= 0.3 is 0 Å². The summed E-state index contributed by atoms with van der Waals surface area (Å²) in [5.41, 5.74) is 1.10. The van der Waals surface area contributed by atoms with E-state index in [9.17, 15) is 0 Å². The van der Waals surface area contributed by atoms with E-state index in [1.54, 1.807) is 21.3 Å². The van der Waals surface area contributed by atoms with Gasteiger partial charge in [0.05, 0.1) is 21.3 Å². The van der Waals surface area contributed by atoms with Crippen molar-refractivity contribution in [3.63, 3.8) is 0 Å². The van der Waals surface area contributed by atoms with Crippen LogP contribution in [0, 0.1) is 11.8 Å². The predicted octanol–water partition coefficient (Wildman–Crippen LogP) is 3.24. The lowest BCUT2D eigenvalue weighted by Crippen LogP contribution is -2.32. The lowest BCUT2D eigenvalue weighted by Gasteiger charge is -2.21. The molecule has 1 fully saturated rings. The van der Waals surface area contributed by atoms with E-state index in [-0.39, 0.29) is 0 Å². The van der Waals surface area contributed by atoms with Crippen LogP contribution in [0.5, 0.6) is 17.2 Å². The fraction of sp³-hybridized carbons (Fsp3) is 0.647. The van der Waals surface area contributed by atoms with Gasteiger partial charge in [-0.1, -0.05) is 13.8 Å². The monoisotopic (exact) mass is 293 g/mol. The molecule has 1 aromatic rings. The minimum absolute atomic E-state index is 0.581. The van der Waals surface area contributed by atoms with Gasteiger partial charge in [-0.05, 0) is 30.7 Å². The van der Waals surface area contributed by atoms with Gasteiger partial charge in [0.1, 0.15) is 5.75 Å². The van der Waals surface area contributed by atoms with Crippen LogP contribution in [0.3, 0.4) is 0 Å². The Bertz CT molecular complexity index is 475. The van der Waals surface area contributed by atoms with E-state index in [0.29, 0.717) is 11.8 Å². The largest absolute Gasteiger partial charge is 0.496 e. The molecule has 1 N–H and O–H groups in total. The first-order chi connectivity index (χ1) is 10.1. The van der Waals surface area contributed by atoms with Crippen molar-refractivity contribution in [1.82, 2.24) is 5.32 Å². The van der Waals surface area contributed by atoms with Crippen molar-refractivity contribution in [1.29, 1.82) is 0 Å². The normalized spacial score (nSPS) is 24.9. The van der Waals surface area contributed by atoms with Crippen molar-refractivity contribution < 1.29 is 14.2 Å². The summed E-state index contributed by atoms with van der Waals surface area (Å²) in [6.07, 6.45) is 2.56. The van der Waals surface area contributed by atoms with Gasteiger partial charge in [0.25, 0.3) is 0 Å². The van der Waals surface area contributed by atoms with Crippen LogP contribution >= 0.6 is 0 Å². The van der Waals surface area contributed by atoms with Gasteiger partial charge in [-0.15, -0.1) is 0 Å². The maximum absolute atomic E-state index is 5.47. The first-order valence-electron chi connectivity index (χ1n) is 7.63. The molecule has 2 rings (SSSR count). The van der Waals surface area contributed by atoms with E-state index in [1.165, 1.54) is 12.8 Å². The SMILES string of the molecule is COc1cc(OC)c(OC)cc1CNC1CCC(C)C1C. The average molecular weight is 293 g/mol. The van der Waals surface area contributed by atoms with Crippen molar-refractivity contribution in [2.45, 2.75) is 39.3 Å². The lowest BCUT2D eigenvalue weighted by atomic mass is 9.97. The first kappa shape index (κ1) is 16.0. The van der Waals surface area contributed by atoms with Crippen LogP contribution < -0.4 is 19.5 Å². The van der Waals surface area contributed by atoms with Crippen LogP contribution in [0.1, 0.15) is 32.3 Å². The molecule has 1 aliphatic rings. The molecule has 0 saturated heterocycles. The van der Waals surface area contributed by atoms with Gasteiger partial charge in [0.15, 0.2) is 11.5 Å². The Kier molecular flexibility index (Phi) is 5.34. The standard InChI is InChI=1S/C17H27NO3/c1-11-6-7-14(12(11)2)18-10-13-8-16(20-4)17(21-5)9-15(13)19-3/h8-9,11-12,14,18H,6-7,10H2,1-5H3. The van der Waals surface area contributed by atoms with Crippen molar-refractivity contribution in [2.75, 3.05) is 21.3 Å². The Morgan fingerprint density at radius 2 is 1.57 bits per heavy atom. The average Bonchev–Trinajstić information content (AvgIpc) is 2.83. The van der Waals surface area contributed by atoms with Crippen LogP contribution in [0.25, 0.3) is 0 Å². The van der Waals surface area contributed by atoms with Gasteiger partial charge in [0.2, 0.25) is 0 Å². The van der Waals surface area contributed by atoms with Gasteiger partial charge < -0.3 is 19.5 Å². The molecule has 4 nitrogen and oxygen atoms in total. The zero-order chi connectivity index (χ0) is 15.4. The Hall–Kier alpha value is -1.42. The summed E-state index contributed by atoms with van der Waals surface area (Å²) in [6, 6.07) is 4.46. The number of nitrogens with one attached hydrogen (secondary N) is 1. The summed E-state index contributed by atoms with van der Waals surface area (Å²) in [5.74, 6) is 3.79. The molecule has 0 aromatic heterocycles. The summed E-state index contributed by atoms with van der Waals surface area (Å²) < 4.78 is 16.2. The zero-order valence-corrected chi connectivity index (χ0v) is 13.7. The summed E-state index contributed by atoms with van der Waals surface area (Å²) in [6.45, 7) is 5.45. The Labute approximate surface area is 127 Å². The van der Waals surface area contributed by atoms with Crippen LogP contribution in [-0.4, -0.2) is 27.4 Å². The smallest absolute Gasteiger partial charge is 0.164 e. The second kappa shape index (κ2) is 7.03. The van der Waals surface area contributed by atoms with E-state index in [4.69, 9.17) is 14.2 Å². The van der Waals surface area contributed by atoms with Crippen LogP contribution in [0.2, 0.25) is 0 Å². The van der Waals surface area contributed by atoms with E-state index in [2.05, 4.69) is 19.2 Å². The van der Waals surface area contributed by atoms with Gasteiger partial charge in [0, 0.05) is 24.2 Å². The lowest BCUT2D eigenvalue weighted by molar-refractivity contribution is 0.343. The van der Waals surface area contributed by atoms with E-state index in [1.807, 2.05) is 12.1 Å². The zero-order valence-electron chi connectivity index (χ0n) is 13.7. The first-order valence-corrected chi connectivity index (χ1v) is 7.63. The Morgan fingerprint density at radius 3 is 2.10 bits per heavy atom. The van der Waals surface area contributed by atoms with Crippen molar-refractivity contribution in [3.05, 3.63) is 17.7 Å². The van der Waals surface area contributed by atoms with E-state index < -0.39 is 0 Å². The second-order valence-corrected chi connectivity index (χ2v) is 5.92. The molecule has 4 heteroatoms. The minimum atomic E-state index is 0.581. The molecule has 0 heterocycles. The van der Waals surface area contributed by atoms with Crippen LogP contribution in [0.15, 0.2) is 12.1 Å². The number of hydrogen-bond acceptors (Lipinski definition) is 4. The second-order valence-electron chi connectivity index (χ2n) is 5.92. The molecule has 1 aliphatic carbocycles. The summed E-state index contributed by atoms with van der Waals surface area (Å²) in [4.78, 5) is 0. The quantitative estimate of drug-likeness (QED) is 0.874. The van der Waals surface area contributed by atoms with Crippen LogP contribution in [0.4, 0.5) is 0 Å². The topological polar surface area (TPSA) is 39.7 Å². The third-order valence-corrected chi connectivity index (χ3v) is 4.81. The molecule has 0 radical (unpaired) electrons. The number of rotatable bonds is 6. The number of ether oxygens (including phenoxy) is 3. The number of hydrogen-bond donors (Lipinski definition) is 1. The summed E-state index contributed by atoms with van der Waals surface area (Å²) in [5, 5.41) is 3.67. The predicted molar refractivity (Wildman–Crippen MR) is 84.3 cm³/mol. The maximum Gasteiger partial charge on any atom is 0.164 e. The molecule has 21 heavy (non-hydrogen) atoms. The number of methoxy groups -OCH3 is 3. The summed E-state index contributed by atoms with van der Waals surface area (Å²) in [7, 11) is 4.98. The van der Waals surface area contributed by atoms with E-state index >= 15 is 0 Å². The molecule has 0 amide bonds. The maximum atomic E-state index is 5.47. The van der Waals surface area contributed by atoms with E-state index in [0.717, 1.165) is 35.4 Å².